The molecule has 2 atom stereocenters. The third kappa shape index (κ3) is 8.12. The zero-order chi connectivity index (χ0) is 26.3. The second-order valence-electron chi connectivity index (χ2n) is 8.62. The Balaban J connectivity index is 2.45. The molecule has 0 radical (unpaired) electrons. The van der Waals surface area contributed by atoms with E-state index in [1.54, 1.807) is 42.5 Å². The second kappa shape index (κ2) is 12.6. The van der Waals surface area contributed by atoms with E-state index in [-0.39, 0.29) is 18.5 Å². The molecule has 7 nitrogen and oxygen atoms in total. The SMILES string of the molecule is CC[C@@H](C)NC(=O)[C@H](CC)N(Cc1ccc(Cl)c(Cl)c1)C(=O)CN(c1ccc(C)cc1)S(C)(=O)=O. The Bertz CT molecular complexity index is 1140. The Morgan fingerprint density at radius 1 is 1.00 bits per heavy atom. The quantitative estimate of drug-likeness (QED) is 0.443. The summed E-state index contributed by atoms with van der Waals surface area (Å²) in [7, 11) is -3.77. The number of nitrogens with one attached hydrogen (secondary N) is 1. The van der Waals surface area contributed by atoms with Crippen molar-refractivity contribution in [3.05, 3.63) is 63.6 Å². The molecular weight excluding hydrogens is 509 g/mol. The van der Waals surface area contributed by atoms with Crippen LogP contribution in [0.4, 0.5) is 5.69 Å². The van der Waals surface area contributed by atoms with Crippen LogP contribution in [0.3, 0.4) is 0 Å². The van der Waals surface area contributed by atoms with Crippen molar-refractivity contribution < 1.29 is 18.0 Å². The second-order valence-corrected chi connectivity index (χ2v) is 11.3. The zero-order valence-electron chi connectivity index (χ0n) is 20.7. The van der Waals surface area contributed by atoms with Crippen molar-refractivity contribution in [2.45, 2.75) is 59.2 Å². The predicted molar refractivity (Wildman–Crippen MR) is 142 cm³/mol. The predicted octanol–water partition coefficient (Wildman–Crippen LogP) is 4.79. The van der Waals surface area contributed by atoms with E-state index in [1.165, 1.54) is 4.90 Å². The van der Waals surface area contributed by atoms with Crippen LogP contribution in [0, 0.1) is 6.92 Å². The van der Waals surface area contributed by atoms with Gasteiger partial charge in [-0.15, -0.1) is 0 Å². The summed E-state index contributed by atoms with van der Waals surface area (Å²) in [5, 5.41) is 3.63. The van der Waals surface area contributed by atoms with Crippen LogP contribution in [0.1, 0.15) is 44.7 Å². The van der Waals surface area contributed by atoms with Crippen LogP contribution in [-0.4, -0.2) is 50.0 Å². The first-order chi connectivity index (χ1) is 16.4. The summed E-state index contributed by atoms with van der Waals surface area (Å²) in [5.41, 5.74) is 2.00. The number of benzene rings is 2. The van der Waals surface area contributed by atoms with Crippen LogP contribution in [0.2, 0.25) is 10.0 Å². The monoisotopic (exact) mass is 541 g/mol. The summed E-state index contributed by atoms with van der Waals surface area (Å²) in [5.74, 6) is -0.801. The molecule has 10 heteroatoms. The normalized spacial score (nSPS) is 13.1. The molecule has 0 aliphatic carbocycles. The first-order valence-corrected chi connectivity index (χ1v) is 14.1. The number of hydrogen-bond acceptors (Lipinski definition) is 4. The number of hydrogen-bond donors (Lipinski definition) is 1. The largest absolute Gasteiger partial charge is 0.352 e. The van der Waals surface area contributed by atoms with E-state index in [0.717, 1.165) is 22.5 Å². The molecule has 0 heterocycles. The Labute approximate surface area is 218 Å². The molecule has 0 aromatic heterocycles. The van der Waals surface area contributed by atoms with Gasteiger partial charge in [0.1, 0.15) is 12.6 Å². The van der Waals surface area contributed by atoms with Crippen molar-refractivity contribution in [2.24, 2.45) is 0 Å². The molecule has 2 aromatic rings. The first kappa shape index (κ1) is 28.9. The highest BCUT2D eigenvalue weighted by Crippen LogP contribution is 2.25. The lowest BCUT2D eigenvalue weighted by molar-refractivity contribution is -0.140. The summed E-state index contributed by atoms with van der Waals surface area (Å²) in [6, 6.07) is 11.0. The highest BCUT2D eigenvalue weighted by molar-refractivity contribution is 7.92. The lowest BCUT2D eigenvalue weighted by Crippen LogP contribution is -2.53. The minimum Gasteiger partial charge on any atom is -0.352 e. The molecule has 0 saturated heterocycles. The number of carbonyl (C=O) groups is 2. The highest BCUT2D eigenvalue weighted by atomic mass is 35.5. The average molecular weight is 543 g/mol. The van der Waals surface area contributed by atoms with Gasteiger partial charge in [-0.05, 0) is 56.5 Å². The first-order valence-electron chi connectivity index (χ1n) is 11.5. The average Bonchev–Trinajstić information content (AvgIpc) is 2.79. The van der Waals surface area contributed by atoms with Crippen LogP contribution in [0.25, 0.3) is 0 Å². The maximum Gasteiger partial charge on any atom is 0.244 e. The van der Waals surface area contributed by atoms with E-state index in [9.17, 15) is 18.0 Å². The molecule has 0 spiro atoms. The third-order valence-electron chi connectivity index (χ3n) is 5.73. The lowest BCUT2D eigenvalue weighted by atomic mass is 10.1. The van der Waals surface area contributed by atoms with Gasteiger partial charge in [0, 0.05) is 12.6 Å². The van der Waals surface area contributed by atoms with E-state index < -0.39 is 28.5 Å². The van der Waals surface area contributed by atoms with E-state index in [0.29, 0.717) is 27.7 Å². The molecule has 2 amide bonds. The fraction of sp³-hybridized carbons (Fsp3) is 0.440. The van der Waals surface area contributed by atoms with Crippen LogP contribution < -0.4 is 9.62 Å². The van der Waals surface area contributed by atoms with Crippen molar-refractivity contribution >= 4 is 50.7 Å². The molecule has 0 aliphatic heterocycles. The van der Waals surface area contributed by atoms with E-state index in [4.69, 9.17) is 23.2 Å². The summed E-state index contributed by atoms with van der Waals surface area (Å²) in [6.45, 7) is 7.16. The minimum absolute atomic E-state index is 0.0631. The zero-order valence-corrected chi connectivity index (χ0v) is 23.0. The smallest absolute Gasteiger partial charge is 0.244 e. The molecule has 0 aliphatic rings. The van der Waals surface area contributed by atoms with Gasteiger partial charge in [-0.2, -0.15) is 0 Å². The van der Waals surface area contributed by atoms with E-state index in [1.807, 2.05) is 27.7 Å². The number of halogens is 2. The van der Waals surface area contributed by atoms with Crippen LogP contribution >= 0.6 is 23.2 Å². The topological polar surface area (TPSA) is 86.8 Å². The van der Waals surface area contributed by atoms with Gasteiger partial charge in [0.25, 0.3) is 0 Å². The van der Waals surface area contributed by atoms with Crippen molar-refractivity contribution in [3.63, 3.8) is 0 Å². The summed E-state index contributed by atoms with van der Waals surface area (Å²) >= 11 is 12.2. The van der Waals surface area contributed by atoms with Gasteiger partial charge < -0.3 is 10.2 Å². The number of rotatable bonds is 11. The number of aryl methyl sites for hydroxylation is 1. The fourth-order valence-electron chi connectivity index (χ4n) is 3.52. The molecule has 2 aromatic carbocycles. The summed E-state index contributed by atoms with van der Waals surface area (Å²) < 4.78 is 26.3. The van der Waals surface area contributed by atoms with Crippen molar-refractivity contribution in [1.82, 2.24) is 10.2 Å². The summed E-state index contributed by atoms with van der Waals surface area (Å²) in [6.07, 6.45) is 2.13. The fourth-order valence-corrected chi connectivity index (χ4v) is 4.69. The molecule has 1 N–H and O–H groups in total. The standard InChI is InChI=1S/C25H33Cl2N3O4S/c1-6-18(4)28-25(32)23(7-2)29(15-19-10-13-21(26)22(27)14-19)24(31)16-30(35(5,33)34)20-11-8-17(3)9-12-20/h8-14,18,23H,6-7,15-16H2,1-5H3,(H,28,32)/t18-,23+/m1/s1. The van der Waals surface area contributed by atoms with Gasteiger partial charge in [-0.25, -0.2) is 8.42 Å². The Kier molecular flexibility index (Phi) is 10.4. The minimum atomic E-state index is -3.77. The van der Waals surface area contributed by atoms with Gasteiger partial charge in [0.15, 0.2) is 0 Å². The van der Waals surface area contributed by atoms with Crippen molar-refractivity contribution in [3.8, 4) is 0 Å². The Hall–Kier alpha value is -2.29. The van der Waals surface area contributed by atoms with Crippen LogP contribution in [0.5, 0.6) is 0 Å². The highest BCUT2D eigenvalue weighted by Gasteiger charge is 2.32. The third-order valence-corrected chi connectivity index (χ3v) is 7.60. The van der Waals surface area contributed by atoms with Crippen molar-refractivity contribution in [2.75, 3.05) is 17.1 Å². The molecule has 35 heavy (non-hydrogen) atoms. The number of sulfonamides is 1. The van der Waals surface area contributed by atoms with Gasteiger partial charge >= 0.3 is 0 Å². The number of carbonyl (C=O) groups excluding carboxylic acids is 2. The Morgan fingerprint density at radius 3 is 2.14 bits per heavy atom. The van der Waals surface area contributed by atoms with Gasteiger partial charge in [0.05, 0.1) is 22.0 Å². The van der Waals surface area contributed by atoms with Gasteiger partial charge in [-0.1, -0.05) is 60.8 Å². The van der Waals surface area contributed by atoms with Gasteiger partial charge in [-0.3, -0.25) is 13.9 Å². The van der Waals surface area contributed by atoms with E-state index >= 15 is 0 Å². The lowest BCUT2D eigenvalue weighted by Gasteiger charge is -2.33. The van der Waals surface area contributed by atoms with E-state index in [2.05, 4.69) is 5.32 Å². The molecule has 192 valence electrons. The van der Waals surface area contributed by atoms with Crippen molar-refractivity contribution in [1.29, 1.82) is 0 Å². The van der Waals surface area contributed by atoms with Crippen LogP contribution in [-0.2, 0) is 26.2 Å². The molecule has 2 rings (SSSR count). The maximum atomic E-state index is 13.6. The molecule has 0 saturated carbocycles. The Morgan fingerprint density at radius 2 is 1.63 bits per heavy atom. The number of anilines is 1. The number of amides is 2. The molecule has 0 bridgehead atoms. The maximum absolute atomic E-state index is 13.6. The van der Waals surface area contributed by atoms with Gasteiger partial charge in [0.2, 0.25) is 21.8 Å². The molecular formula is C25H33Cl2N3O4S. The number of nitrogens with zero attached hydrogens (tertiary/aromatic N) is 2. The molecule has 0 fully saturated rings. The molecule has 0 unspecified atom stereocenters. The summed E-state index contributed by atoms with van der Waals surface area (Å²) in [4.78, 5) is 28.2. The van der Waals surface area contributed by atoms with Crippen LogP contribution in [0.15, 0.2) is 42.5 Å².